The van der Waals surface area contributed by atoms with Crippen molar-refractivity contribution in [1.29, 1.82) is 0 Å². The molecule has 1 aromatic heterocycles. The quantitative estimate of drug-likeness (QED) is 0.385. The summed E-state index contributed by atoms with van der Waals surface area (Å²) in [4.78, 5) is 27.4. The number of carbonyl (C=O) groups excluding carboxylic acids is 2. The summed E-state index contributed by atoms with van der Waals surface area (Å²) in [5.74, 6) is 2.13. The van der Waals surface area contributed by atoms with Crippen LogP contribution in [0.3, 0.4) is 0 Å². The van der Waals surface area contributed by atoms with Gasteiger partial charge in [-0.15, -0.1) is 5.37 Å². The number of piperidine rings is 1. The lowest BCUT2D eigenvalue weighted by Crippen LogP contribution is -2.42. The standard InChI is InChI=1S/C27H32B3N5O3/c28-22(24(29)30)27(37)34-14-11-16(12-15-34)20-10-13-32-26-21(25(31)36)23(33-35(20)26)17-6-8-19(9-7-17)38-18-4-2-1-3-5-18/h1-9,16,20,32H,10-15,28-30H2,(H2,31,36)/t20-/m0/s1. The molecule has 3 N–H and O–H groups in total. The number of benzene rings is 2. The fourth-order valence-electron chi connectivity index (χ4n) is 5.42. The van der Waals surface area contributed by atoms with Crippen LogP contribution >= 0.6 is 0 Å². The van der Waals surface area contributed by atoms with E-state index in [1.54, 1.807) is 0 Å². The third kappa shape index (κ3) is 5.10. The number of anilines is 1. The molecule has 0 bridgehead atoms. The number of primary amides is 1. The zero-order valence-corrected chi connectivity index (χ0v) is 22.2. The summed E-state index contributed by atoms with van der Waals surface area (Å²) < 4.78 is 7.89. The van der Waals surface area contributed by atoms with E-state index in [2.05, 4.69) is 5.32 Å². The summed E-state index contributed by atoms with van der Waals surface area (Å²) in [5.41, 5.74) is 8.50. The fourth-order valence-corrected chi connectivity index (χ4v) is 5.42. The molecule has 2 aliphatic heterocycles. The van der Waals surface area contributed by atoms with Crippen molar-refractivity contribution in [1.82, 2.24) is 14.7 Å². The Morgan fingerprint density at radius 3 is 2.24 bits per heavy atom. The van der Waals surface area contributed by atoms with Gasteiger partial charge in [-0.05, 0) is 67.1 Å². The zero-order valence-electron chi connectivity index (χ0n) is 22.2. The van der Waals surface area contributed by atoms with E-state index >= 15 is 0 Å². The van der Waals surface area contributed by atoms with Crippen molar-refractivity contribution in [3.8, 4) is 22.8 Å². The molecule has 0 aliphatic carbocycles. The molecular weight excluding hydrogens is 475 g/mol. The Bertz CT molecular complexity index is 1360. The van der Waals surface area contributed by atoms with Crippen LogP contribution in [0.5, 0.6) is 11.5 Å². The molecule has 192 valence electrons. The number of aromatic nitrogens is 2. The lowest BCUT2D eigenvalue weighted by atomic mass is 9.69. The first-order chi connectivity index (χ1) is 18.3. The lowest BCUT2D eigenvalue weighted by molar-refractivity contribution is -0.128. The predicted molar refractivity (Wildman–Crippen MR) is 157 cm³/mol. The molecule has 0 radical (unpaired) electrons. The number of nitrogens with one attached hydrogen (secondary N) is 1. The monoisotopic (exact) mass is 507 g/mol. The van der Waals surface area contributed by atoms with Crippen molar-refractivity contribution >= 4 is 41.2 Å². The van der Waals surface area contributed by atoms with Crippen molar-refractivity contribution in [3.05, 3.63) is 71.0 Å². The fraction of sp³-hybridized carbons (Fsp3) is 0.296. The molecule has 0 unspecified atom stereocenters. The van der Waals surface area contributed by atoms with Gasteiger partial charge in [-0.25, -0.2) is 4.68 Å². The largest absolute Gasteiger partial charge is 0.457 e. The average molecular weight is 507 g/mol. The summed E-state index contributed by atoms with van der Waals surface area (Å²) >= 11 is 0. The van der Waals surface area contributed by atoms with Crippen molar-refractivity contribution in [2.75, 3.05) is 25.0 Å². The van der Waals surface area contributed by atoms with E-state index in [-0.39, 0.29) is 11.9 Å². The van der Waals surface area contributed by atoms with E-state index in [1.165, 1.54) is 0 Å². The molecule has 3 heterocycles. The first kappa shape index (κ1) is 25.8. The highest BCUT2D eigenvalue weighted by molar-refractivity contribution is 6.55. The number of rotatable bonds is 6. The second-order valence-corrected chi connectivity index (χ2v) is 10.4. The Balaban J connectivity index is 1.38. The van der Waals surface area contributed by atoms with Crippen LogP contribution in [0.25, 0.3) is 11.3 Å². The van der Waals surface area contributed by atoms with Crippen molar-refractivity contribution < 1.29 is 14.3 Å². The molecule has 1 atom stereocenters. The molecule has 3 aromatic rings. The number of hydrogen-bond acceptors (Lipinski definition) is 5. The molecule has 1 saturated heterocycles. The van der Waals surface area contributed by atoms with Gasteiger partial charge < -0.3 is 20.7 Å². The van der Waals surface area contributed by atoms with Crippen LogP contribution in [0.2, 0.25) is 0 Å². The minimum atomic E-state index is -0.503. The highest BCUT2D eigenvalue weighted by Gasteiger charge is 2.36. The summed E-state index contributed by atoms with van der Waals surface area (Å²) in [7, 11) is 5.86. The highest BCUT2D eigenvalue weighted by atomic mass is 16.5. The Labute approximate surface area is 225 Å². The molecule has 38 heavy (non-hydrogen) atoms. The number of ether oxygens (including phenoxy) is 1. The van der Waals surface area contributed by atoms with Gasteiger partial charge in [0.15, 0.2) is 0 Å². The number of amides is 2. The second-order valence-electron chi connectivity index (χ2n) is 10.4. The normalized spacial score (nSPS) is 17.3. The summed E-state index contributed by atoms with van der Waals surface area (Å²) in [5, 5.41) is 9.38. The van der Waals surface area contributed by atoms with Gasteiger partial charge in [-0.2, -0.15) is 5.10 Å². The van der Waals surface area contributed by atoms with Gasteiger partial charge in [0.25, 0.3) is 5.91 Å². The maximum absolute atomic E-state index is 12.8. The lowest BCUT2D eigenvalue weighted by Gasteiger charge is -2.38. The molecule has 2 aliphatic rings. The van der Waals surface area contributed by atoms with Gasteiger partial charge in [-0.3, -0.25) is 9.59 Å². The van der Waals surface area contributed by atoms with E-state index in [0.717, 1.165) is 61.1 Å². The number of likely N-dealkylation sites (tertiary alicyclic amines) is 1. The average Bonchev–Trinajstić information content (AvgIpc) is 3.33. The smallest absolute Gasteiger partial charge is 0.254 e. The SMILES string of the molecule is BC(B)=C(B)C(=O)N1CCC([C@@H]2CCNc3c(C(N)=O)c(-c4ccc(Oc5ccccc5)cc4)nn32)CC1. The topological polar surface area (TPSA) is 102 Å². The van der Waals surface area contributed by atoms with Crippen molar-refractivity contribution in [3.63, 3.8) is 0 Å². The molecule has 1 fully saturated rings. The van der Waals surface area contributed by atoms with E-state index in [0.29, 0.717) is 28.7 Å². The maximum atomic E-state index is 12.8. The van der Waals surface area contributed by atoms with Gasteiger partial charge in [0.2, 0.25) is 5.91 Å². The van der Waals surface area contributed by atoms with Gasteiger partial charge in [0.1, 0.15) is 52.1 Å². The number of nitrogens with two attached hydrogens (primary N) is 1. The molecule has 2 aromatic carbocycles. The van der Waals surface area contributed by atoms with Gasteiger partial charge in [0.05, 0.1) is 6.04 Å². The zero-order chi connectivity index (χ0) is 26.8. The Hall–Kier alpha value is -3.88. The molecule has 0 saturated carbocycles. The number of nitrogens with zero attached hydrogens (tertiary/aromatic N) is 3. The van der Waals surface area contributed by atoms with E-state index in [9.17, 15) is 9.59 Å². The van der Waals surface area contributed by atoms with Gasteiger partial charge in [0, 0.05) is 25.2 Å². The van der Waals surface area contributed by atoms with E-state index in [1.807, 2.05) is 87.7 Å². The van der Waals surface area contributed by atoms with Gasteiger partial charge in [-0.1, -0.05) is 18.2 Å². The van der Waals surface area contributed by atoms with Crippen molar-refractivity contribution in [2.24, 2.45) is 11.7 Å². The minimum absolute atomic E-state index is 0.131. The summed E-state index contributed by atoms with van der Waals surface area (Å²) in [6.07, 6.45) is 2.71. The van der Waals surface area contributed by atoms with Gasteiger partial charge >= 0.3 is 0 Å². The van der Waals surface area contributed by atoms with Crippen LogP contribution in [0.15, 0.2) is 65.4 Å². The van der Waals surface area contributed by atoms with E-state index < -0.39 is 5.91 Å². The molecule has 0 spiro atoms. The Kier molecular flexibility index (Phi) is 7.36. The Morgan fingerprint density at radius 2 is 1.61 bits per heavy atom. The summed E-state index contributed by atoms with van der Waals surface area (Å²) in [6, 6.07) is 17.3. The highest BCUT2D eigenvalue weighted by Crippen LogP contribution is 2.40. The third-order valence-electron chi connectivity index (χ3n) is 7.75. The molecule has 2 amide bonds. The van der Waals surface area contributed by atoms with Crippen LogP contribution < -0.4 is 15.8 Å². The predicted octanol–water partition coefficient (Wildman–Crippen LogP) is 1.10. The maximum Gasteiger partial charge on any atom is 0.254 e. The number of hydrogen-bond donors (Lipinski definition) is 2. The van der Waals surface area contributed by atoms with Crippen LogP contribution in [0.4, 0.5) is 5.82 Å². The first-order valence-corrected chi connectivity index (χ1v) is 13.3. The third-order valence-corrected chi connectivity index (χ3v) is 7.75. The van der Waals surface area contributed by atoms with Crippen LogP contribution in [0.1, 0.15) is 35.7 Å². The number of para-hydroxylation sites is 1. The van der Waals surface area contributed by atoms with Crippen LogP contribution in [-0.2, 0) is 4.79 Å². The summed E-state index contributed by atoms with van der Waals surface area (Å²) in [6.45, 7) is 2.20. The molecular formula is C27H32B3N5O3. The Morgan fingerprint density at radius 1 is 0.947 bits per heavy atom. The number of fused-ring (bicyclic) bond motifs is 1. The van der Waals surface area contributed by atoms with E-state index in [4.69, 9.17) is 15.6 Å². The minimum Gasteiger partial charge on any atom is -0.457 e. The van der Waals surface area contributed by atoms with Crippen molar-refractivity contribution in [2.45, 2.75) is 25.3 Å². The molecule has 11 heteroatoms. The molecule has 5 rings (SSSR count). The second kappa shape index (κ2) is 10.9. The van der Waals surface area contributed by atoms with Crippen LogP contribution in [-0.4, -0.2) is 69.7 Å². The molecule has 8 nitrogen and oxygen atoms in total. The number of carbonyl (C=O) groups is 2. The van der Waals surface area contributed by atoms with Crippen LogP contribution in [0, 0.1) is 5.92 Å². The first-order valence-electron chi connectivity index (χ1n) is 13.3.